The lowest BCUT2D eigenvalue weighted by atomic mass is 10.3. The van der Waals surface area contributed by atoms with Crippen molar-refractivity contribution in [3.05, 3.63) is 51.9 Å². The summed E-state index contributed by atoms with van der Waals surface area (Å²) in [5.41, 5.74) is 3.97. The Labute approximate surface area is 112 Å². The molecule has 0 amide bonds. The molecule has 2 heterocycles. The number of thiazole rings is 1. The summed E-state index contributed by atoms with van der Waals surface area (Å²) < 4.78 is 1.68. The number of benzene rings is 1. The third-order valence-electron chi connectivity index (χ3n) is 2.74. The second-order valence-electron chi connectivity index (χ2n) is 3.95. The summed E-state index contributed by atoms with van der Waals surface area (Å²) >= 11 is 1.42. The number of fused-ring (bicyclic) bond motifs is 1. The Morgan fingerprint density at radius 2 is 2.11 bits per heavy atom. The van der Waals surface area contributed by atoms with Crippen LogP contribution in [0.3, 0.4) is 0 Å². The highest BCUT2D eigenvalue weighted by atomic mass is 32.1. The zero-order valence-corrected chi connectivity index (χ0v) is 10.7. The van der Waals surface area contributed by atoms with E-state index >= 15 is 0 Å². The van der Waals surface area contributed by atoms with E-state index in [9.17, 15) is 4.79 Å². The average molecular weight is 273 g/mol. The smallest absolute Gasteiger partial charge is 0.269 e. The number of aromatic nitrogens is 3. The third kappa shape index (κ3) is 2.20. The van der Waals surface area contributed by atoms with Crippen LogP contribution in [0.2, 0.25) is 0 Å². The standard InChI is InChI=1S/C12H11N5OS/c13-16-12-15-5-8(19-12)7-17-10-4-2-1-3-9(10)14-6-11(17)18/h1-6H,7,13H2,(H,15,16). The molecule has 0 unspecified atom stereocenters. The number of nitrogens with one attached hydrogen (secondary N) is 1. The zero-order valence-electron chi connectivity index (χ0n) is 9.91. The first kappa shape index (κ1) is 11.8. The van der Waals surface area contributed by atoms with Gasteiger partial charge >= 0.3 is 0 Å². The van der Waals surface area contributed by atoms with E-state index in [0.29, 0.717) is 11.7 Å². The van der Waals surface area contributed by atoms with Crippen LogP contribution >= 0.6 is 11.3 Å². The fourth-order valence-corrected chi connectivity index (χ4v) is 2.59. The molecular weight excluding hydrogens is 262 g/mol. The van der Waals surface area contributed by atoms with Crippen LogP contribution in [0.1, 0.15) is 4.88 Å². The summed E-state index contributed by atoms with van der Waals surface area (Å²) in [6.07, 6.45) is 3.05. The molecule has 0 aliphatic rings. The van der Waals surface area contributed by atoms with Gasteiger partial charge in [-0.25, -0.2) is 15.8 Å². The fraction of sp³-hybridized carbons (Fsp3) is 0.0833. The van der Waals surface area contributed by atoms with Crippen molar-refractivity contribution in [2.45, 2.75) is 6.54 Å². The first-order valence-corrected chi connectivity index (χ1v) is 6.45. The van der Waals surface area contributed by atoms with E-state index in [4.69, 9.17) is 5.84 Å². The molecule has 0 saturated heterocycles. The van der Waals surface area contributed by atoms with Gasteiger partial charge in [0.1, 0.15) is 0 Å². The van der Waals surface area contributed by atoms with E-state index in [1.54, 1.807) is 10.8 Å². The summed E-state index contributed by atoms with van der Waals surface area (Å²) in [6, 6.07) is 7.55. The number of para-hydroxylation sites is 2. The number of hydrazine groups is 1. The molecule has 0 saturated carbocycles. The summed E-state index contributed by atoms with van der Waals surface area (Å²) in [5.74, 6) is 5.30. The van der Waals surface area contributed by atoms with Crippen LogP contribution in [0, 0.1) is 0 Å². The van der Waals surface area contributed by atoms with Gasteiger partial charge < -0.3 is 4.57 Å². The Bertz CT molecular complexity index is 779. The molecule has 3 N–H and O–H groups in total. The van der Waals surface area contributed by atoms with Crippen LogP contribution in [0.4, 0.5) is 5.13 Å². The van der Waals surface area contributed by atoms with Crippen LogP contribution in [-0.4, -0.2) is 14.5 Å². The Kier molecular flexibility index (Phi) is 2.98. The minimum atomic E-state index is -0.130. The maximum absolute atomic E-state index is 12.0. The Hall–Kier alpha value is -2.25. The van der Waals surface area contributed by atoms with Crippen LogP contribution in [-0.2, 0) is 6.54 Å². The number of hydrogen-bond donors (Lipinski definition) is 2. The van der Waals surface area contributed by atoms with Gasteiger partial charge in [0.15, 0.2) is 5.13 Å². The van der Waals surface area contributed by atoms with Gasteiger partial charge in [-0.15, -0.1) is 0 Å². The molecule has 1 aromatic carbocycles. The van der Waals surface area contributed by atoms with Gasteiger partial charge in [0.05, 0.1) is 23.8 Å². The molecule has 96 valence electrons. The Morgan fingerprint density at radius 3 is 2.89 bits per heavy atom. The predicted molar refractivity (Wildman–Crippen MR) is 75.0 cm³/mol. The van der Waals surface area contributed by atoms with Crippen molar-refractivity contribution in [2.75, 3.05) is 5.43 Å². The van der Waals surface area contributed by atoms with Crippen LogP contribution in [0.15, 0.2) is 41.5 Å². The molecule has 0 fully saturated rings. The van der Waals surface area contributed by atoms with Crippen molar-refractivity contribution >= 4 is 27.5 Å². The van der Waals surface area contributed by atoms with Gasteiger partial charge in [0, 0.05) is 11.1 Å². The molecule has 3 aromatic rings. The summed E-state index contributed by atoms with van der Waals surface area (Å²) in [4.78, 5) is 21.1. The quantitative estimate of drug-likeness (QED) is 0.553. The lowest BCUT2D eigenvalue weighted by molar-refractivity contribution is 0.796. The van der Waals surface area contributed by atoms with E-state index in [0.717, 1.165) is 15.9 Å². The number of nitrogens with zero attached hydrogens (tertiary/aromatic N) is 3. The number of hydrogen-bond acceptors (Lipinski definition) is 6. The van der Waals surface area contributed by atoms with E-state index in [-0.39, 0.29) is 5.56 Å². The molecule has 0 bridgehead atoms. The van der Waals surface area contributed by atoms with Gasteiger partial charge in [-0.05, 0) is 12.1 Å². The summed E-state index contributed by atoms with van der Waals surface area (Å²) in [6.45, 7) is 0.460. The molecular formula is C12H11N5OS. The monoisotopic (exact) mass is 273 g/mol. The number of nitrogen functional groups attached to an aromatic ring is 1. The second kappa shape index (κ2) is 4.79. The molecule has 7 heteroatoms. The first-order chi connectivity index (χ1) is 9.28. The molecule has 0 radical (unpaired) electrons. The maximum Gasteiger partial charge on any atom is 0.269 e. The molecule has 0 aliphatic heterocycles. The maximum atomic E-state index is 12.0. The number of anilines is 1. The highest BCUT2D eigenvalue weighted by Gasteiger charge is 2.07. The summed E-state index contributed by atoms with van der Waals surface area (Å²) in [7, 11) is 0. The minimum absolute atomic E-state index is 0.130. The lowest BCUT2D eigenvalue weighted by Crippen LogP contribution is -2.20. The van der Waals surface area contributed by atoms with Crippen LogP contribution < -0.4 is 16.8 Å². The number of nitrogens with two attached hydrogens (primary N) is 1. The first-order valence-electron chi connectivity index (χ1n) is 5.64. The fourth-order valence-electron chi connectivity index (χ4n) is 1.88. The topological polar surface area (TPSA) is 85.8 Å². The predicted octanol–water partition coefficient (Wildman–Crippen LogP) is 1.19. The van der Waals surface area contributed by atoms with Crippen molar-refractivity contribution in [2.24, 2.45) is 5.84 Å². The van der Waals surface area contributed by atoms with Crippen LogP contribution in [0.5, 0.6) is 0 Å². The molecule has 0 aliphatic carbocycles. The van der Waals surface area contributed by atoms with Gasteiger partial charge in [-0.3, -0.25) is 10.2 Å². The van der Waals surface area contributed by atoms with E-state index < -0.39 is 0 Å². The normalized spacial score (nSPS) is 10.8. The lowest BCUT2D eigenvalue weighted by Gasteiger charge is -2.07. The van der Waals surface area contributed by atoms with Crippen molar-refractivity contribution in [1.82, 2.24) is 14.5 Å². The van der Waals surface area contributed by atoms with E-state index in [2.05, 4.69) is 15.4 Å². The number of rotatable bonds is 3. The molecule has 19 heavy (non-hydrogen) atoms. The molecule has 2 aromatic heterocycles. The van der Waals surface area contributed by atoms with Crippen molar-refractivity contribution in [3.63, 3.8) is 0 Å². The van der Waals surface area contributed by atoms with E-state index in [1.165, 1.54) is 17.5 Å². The minimum Gasteiger partial charge on any atom is -0.300 e. The van der Waals surface area contributed by atoms with Crippen molar-refractivity contribution < 1.29 is 0 Å². The van der Waals surface area contributed by atoms with Gasteiger partial charge in [-0.1, -0.05) is 23.5 Å². The van der Waals surface area contributed by atoms with Gasteiger partial charge in [0.2, 0.25) is 0 Å². The molecule has 3 rings (SSSR count). The summed E-state index contributed by atoms with van der Waals surface area (Å²) in [5, 5.41) is 0.626. The van der Waals surface area contributed by atoms with E-state index in [1.807, 2.05) is 24.3 Å². The van der Waals surface area contributed by atoms with Gasteiger partial charge in [-0.2, -0.15) is 0 Å². The zero-order chi connectivity index (χ0) is 13.2. The molecule has 6 nitrogen and oxygen atoms in total. The third-order valence-corrected chi connectivity index (χ3v) is 3.66. The highest BCUT2D eigenvalue weighted by molar-refractivity contribution is 7.15. The second-order valence-corrected chi connectivity index (χ2v) is 5.06. The van der Waals surface area contributed by atoms with Gasteiger partial charge in [0.25, 0.3) is 5.56 Å². The Morgan fingerprint density at radius 1 is 1.26 bits per heavy atom. The highest BCUT2D eigenvalue weighted by Crippen LogP contribution is 2.18. The molecule has 0 atom stereocenters. The Balaban J connectivity index is 2.09. The average Bonchev–Trinajstić information content (AvgIpc) is 2.90. The largest absolute Gasteiger partial charge is 0.300 e. The van der Waals surface area contributed by atoms with Crippen molar-refractivity contribution in [1.29, 1.82) is 0 Å². The SMILES string of the molecule is NNc1ncc(Cn2c(=O)cnc3ccccc32)s1. The molecule has 0 spiro atoms. The van der Waals surface area contributed by atoms with Crippen molar-refractivity contribution in [3.8, 4) is 0 Å². The van der Waals surface area contributed by atoms with Crippen LogP contribution in [0.25, 0.3) is 11.0 Å².